The van der Waals surface area contributed by atoms with Crippen LogP contribution >= 0.6 is 23.2 Å². The fourth-order valence-corrected chi connectivity index (χ4v) is 4.78. The van der Waals surface area contributed by atoms with Gasteiger partial charge in [0, 0.05) is 24.2 Å². The third-order valence-electron chi connectivity index (χ3n) is 4.01. The van der Waals surface area contributed by atoms with Crippen LogP contribution in [-0.2, 0) is 10.0 Å². The molecule has 0 saturated carbocycles. The van der Waals surface area contributed by atoms with Crippen LogP contribution in [0, 0.1) is 5.92 Å². The molecule has 1 fully saturated rings. The van der Waals surface area contributed by atoms with Gasteiger partial charge in [-0.15, -0.1) is 0 Å². The summed E-state index contributed by atoms with van der Waals surface area (Å²) in [6, 6.07) is 5.01. The first-order valence-electron chi connectivity index (χ1n) is 7.48. The molecule has 1 aliphatic rings. The number of halogens is 2. The Labute approximate surface area is 142 Å². The second-order valence-corrected chi connectivity index (χ2v) is 8.59. The first-order valence-corrected chi connectivity index (χ1v) is 9.72. The van der Waals surface area contributed by atoms with Crippen LogP contribution < -0.4 is 4.72 Å². The number of sulfonamides is 1. The molecule has 22 heavy (non-hydrogen) atoms. The number of hydrogen-bond donors (Lipinski definition) is 1. The van der Waals surface area contributed by atoms with Gasteiger partial charge in [-0.05, 0) is 50.4 Å². The Morgan fingerprint density at radius 1 is 1.32 bits per heavy atom. The highest BCUT2D eigenvalue weighted by Crippen LogP contribution is 2.25. The van der Waals surface area contributed by atoms with E-state index in [4.69, 9.17) is 23.2 Å². The lowest BCUT2D eigenvalue weighted by Gasteiger charge is -2.20. The topological polar surface area (TPSA) is 49.4 Å². The zero-order valence-electron chi connectivity index (χ0n) is 12.9. The van der Waals surface area contributed by atoms with Crippen LogP contribution in [0.5, 0.6) is 0 Å². The minimum atomic E-state index is -3.62. The largest absolute Gasteiger partial charge is 0.300 e. The minimum Gasteiger partial charge on any atom is -0.300 e. The van der Waals surface area contributed by atoms with Gasteiger partial charge in [0.25, 0.3) is 0 Å². The molecular weight excluding hydrogens is 343 g/mol. The van der Waals surface area contributed by atoms with Crippen molar-refractivity contribution in [3.05, 3.63) is 28.2 Å². The van der Waals surface area contributed by atoms with Crippen molar-refractivity contribution in [1.82, 2.24) is 9.62 Å². The first kappa shape index (κ1) is 18.0. The van der Waals surface area contributed by atoms with Gasteiger partial charge in [-0.1, -0.05) is 30.1 Å². The average molecular weight is 365 g/mol. The van der Waals surface area contributed by atoms with Gasteiger partial charge in [0.15, 0.2) is 0 Å². The number of hydrogen-bond acceptors (Lipinski definition) is 3. The molecular formula is C15H22Cl2N2O2S. The highest BCUT2D eigenvalue weighted by molar-refractivity contribution is 7.89. The number of rotatable bonds is 6. The Hall–Kier alpha value is -0.330. The molecule has 0 aliphatic carbocycles. The van der Waals surface area contributed by atoms with Crippen LogP contribution in [0.3, 0.4) is 0 Å². The molecule has 0 radical (unpaired) electrons. The molecule has 0 bridgehead atoms. The summed E-state index contributed by atoms with van der Waals surface area (Å²) in [7, 11) is -3.62. The lowest BCUT2D eigenvalue weighted by atomic mass is 10.1. The number of benzene rings is 1. The van der Waals surface area contributed by atoms with Crippen molar-refractivity contribution in [3.63, 3.8) is 0 Å². The highest BCUT2D eigenvalue weighted by atomic mass is 35.5. The normalized spacial score (nSPS) is 23.1. The van der Waals surface area contributed by atoms with E-state index < -0.39 is 10.0 Å². The summed E-state index contributed by atoms with van der Waals surface area (Å²) in [5, 5.41) is 0.531. The van der Waals surface area contributed by atoms with Gasteiger partial charge >= 0.3 is 0 Å². The molecule has 2 rings (SSSR count). The van der Waals surface area contributed by atoms with E-state index in [9.17, 15) is 8.42 Å². The van der Waals surface area contributed by atoms with Gasteiger partial charge in [-0.25, -0.2) is 13.1 Å². The zero-order valence-corrected chi connectivity index (χ0v) is 15.2. The molecule has 1 N–H and O–H groups in total. The van der Waals surface area contributed by atoms with Crippen molar-refractivity contribution in [2.75, 3.05) is 19.6 Å². The fraction of sp³-hybridized carbons (Fsp3) is 0.600. The Morgan fingerprint density at radius 2 is 2.05 bits per heavy atom. The van der Waals surface area contributed by atoms with Crippen LogP contribution in [0.2, 0.25) is 10.0 Å². The maximum absolute atomic E-state index is 12.2. The van der Waals surface area contributed by atoms with Gasteiger partial charge in [0.2, 0.25) is 10.0 Å². The van der Waals surface area contributed by atoms with E-state index in [0.29, 0.717) is 17.6 Å². The summed E-state index contributed by atoms with van der Waals surface area (Å²) in [5.41, 5.74) is 0. The smallest absolute Gasteiger partial charge is 0.242 e. The molecule has 1 saturated heterocycles. The minimum absolute atomic E-state index is 0.0322. The third kappa shape index (κ3) is 4.59. The SMILES string of the molecule is CC1CC(C)N(CCCNS(=O)(=O)c2cc(Cl)ccc2Cl)C1. The maximum atomic E-state index is 12.2. The molecule has 4 nitrogen and oxygen atoms in total. The van der Waals surface area contributed by atoms with Crippen LogP contribution in [-0.4, -0.2) is 39.0 Å². The van der Waals surface area contributed by atoms with Crippen molar-refractivity contribution < 1.29 is 8.42 Å². The maximum Gasteiger partial charge on any atom is 0.242 e. The lowest BCUT2D eigenvalue weighted by Crippen LogP contribution is -2.32. The van der Waals surface area contributed by atoms with E-state index in [1.807, 2.05) is 0 Å². The predicted molar refractivity (Wildman–Crippen MR) is 91.1 cm³/mol. The average Bonchev–Trinajstić information content (AvgIpc) is 2.76. The van der Waals surface area contributed by atoms with Gasteiger partial charge in [0.1, 0.15) is 4.90 Å². The van der Waals surface area contributed by atoms with Crippen molar-refractivity contribution in [2.45, 2.75) is 37.6 Å². The summed E-state index contributed by atoms with van der Waals surface area (Å²) in [4.78, 5) is 2.44. The summed E-state index contributed by atoms with van der Waals surface area (Å²) < 4.78 is 27.1. The van der Waals surface area contributed by atoms with E-state index in [1.54, 1.807) is 6.07 Å². The monoisotopic (exact) mass is 364 g/mol. The molecule has 0 spiro atoms. The number of likely N-dealkylation sites (tertiary alicyclic amines) is 1. The van der Waals surface area contributed by atoms with Crippen molar-refractivity contribution in [3.8, 4) is 0 Å². The molecule has 1 aliphatic heterocycles. The van der Waals surface area contributed by atoms with Gasteiger partial charge in [-0.2, -0.15) is 0 Å². The number of nitrogens with one attached hydrogen (secondary N) is 1. The molecule has 0 amide bonds. The Balaban J connectivity index is 1.87. The molecule has 2 atom stereocenters. The van der Waals surface area contributed by atoms with E-state index in [0.717, 1.165) is 25.4 Å². The molecule has 7 heteroatoms. The molecule has 124 valence electrons. The zero-order chi connectivity index (χ0) is 16.3. The fourth-order valence-electron chi connectivity index (χ4n) is 2.95. The molecule has 1 aromatic rings. The van der Waals surface area contributed by atoms with Crippen LogP contribution in [0.1, 0.15) is 26.7 Å². The molecule has 0 aromatic heterocycles. The molecule has 1 heterocycles. The number of nitrogens with zero attached hydrogens (tertiary/aromatic N) is 1. The Morgan fingerprint density at radius 3 is 2.68 bits per heavy atom. The van der Waals surface area contributed by atoms with Crippen LogP contribution in [0.25, 0.3) is 0 Å². The van der Waals surface area contributed by atoms with Gasteiger partial charge < -0.3 is 4.90 Å². The highest BCUT2D eigenvalue weighted by Gasteiger charge is 2.25. The predicted octanol–water partition coefficient (Wildman–Crippen LogP) is 3.39. The standard InChI is InChI=1S/C15H22Cl2N2O2S/c1-11-8-12(2)19(10-11)7-3-6-18-22(20,21)15-9-13(16)4-5-14(15)17/h4-5,9,11-12,18H,3,6-8,10H2,1-2H3. The van der Waals surface area contributed by atoms with Crippen molar-refractivity contribution in [2.24, 2.45) is 5.92 Å². The van der Waals surface area contributed by atoms with Crippen molar-refractivity contribution in [1.29, 1.82) is 0 Å². The van der Waals surface area contributed by atoms with E-state index in [1.165, 1.54) is 18.6 Å². The Bertz CT molecular complexity index is 622. The molecule has 1 aromatic carbocycles. The van der Waals surface area contributed by atoms with Crippen molar-refractivity contribution >= 4 is 33.2 Å². The van der Waals surface area contributed by atoms with E-state index in [-0.39, 0.29) is 9.92 Å². The summed E-state index contributed by atoms with van der Waals surface area (Å²) in [5.74, 6) is 0.719. The second-order valence-electron chi connectivity index (χ2n) is 6.01. The van der Waals surface area contributed by atoms with E-state index >= 15 is 0 Å². The summed E-state index contributed by atoms with van der Waals surface area (Å²) in [6.45, 7) is 6.86. The van der Waals surface area contributed by atoms with Gasteiger partial charge in [-0.3, -0.25) is 0 Å². The second kappa shape index (κ2) is 7.49. The Kier molecular flexibility index (Phi) is 6.14. The quantitative estimate of drug-likeness (QED) is 0.787. The summed E-state index contributed by atoms with van der Waals surface area (Å²) >= 11 is 11.8. The lowest BCUT2D eigenvalue weighted by molar-refractivity contribution is 0.262. The van der Waals surface area contributed by atoms with Crippen LogP contribution in [0.15, 0.2) is 23.1 Å². The summed E-state index contributed by atoms with van der Waals surface area (Å²) in [6.07, 6.45) is 1.98. The first-order chi connectivity index (χ1) is 10.3. The third-order valence-corrected chi connectivity index (χ3v) is 6.19. The van der Waals surface area contributed by atoms with E-state index in [2.05, 4.69) is 23.5 Å². The van der Waals surface area contributed by atoms with Gasteiger partial charge in [0.05, 0.1) is 5.02 Å². The molecule has 2 unspecified atom stereocenters. The van der Waals surface area contributed by atoms with Crippen LogP contribution in [0.4, 0.5) is 0 Å².